The third-order valence-electron chi connectivity index (χ3n) is 1.64. The first-order valence-electron chi connectivity index (χ1n) is 3.72. The van der Waals surface area contributed by atoms with Crippen LogP contribution < -0.4 is 5.32 Å². The van der Waals surface area contributed by atoms with Crippen LogP contribution in [0.4, 0.5) is 0 Å². The van der Waals surface area contributed by atoms with Gasteiger partial charge < -0.3 is 10.4 Å². The van der Waals surface area contributed by atoms with Crippen LogP contribution in [0.3, 0.4) is 0 Å². The molecular formula is C7H15NOS. The molecule has 60 valence electrons. The number of nitrogens with one attached hydrogen (secondary N) is 1. The lowest BCUT2D eigenvalue weighted by molar-refractivity contribution is 0.253. The molecule has 1 aliphatic carbocycles. The Morgan fingerprint density at radius 2 is 2.40 bits per heavy atom. The van der Waals surface area contributed by atoms with E-state index in [4.69, 9.17) is 5.11 Å². The average molecular weight is 161 g/mol. The first kappa shape index (κ1) is 8.37. The van der Waals surface area contributed by atoms with Crippen LogP contribution in [-0.4, -0.2) is 35.8 Å². The topological polar surface area (TPSA) is 32.3 Å². The molecule has 2 N–H and O–H groups in total. The summed E-state index contributed by atoms with van der Waals surface area (Å²) in [6, 6.07) is 1.03. The van der Waals surface area contributed by atoms with Crippen LogP contribution in [-0.2, 0) is 0 Å². The summed E-state index contributed by atoms with van der Waals surface area (Å²) in [4.78, 5) is 0. The molecule has 0 aromatic carbocycles. The van der Waals surface area contributed by atoms with Gasteiger partial charge in [-0.2, -0.15) is 11.8 Å². The SMILES string of the molecule is CSCC(CO)NC1CC1. The molecule has 0 aromatic heterocycles. The maximum atomic E-state index is 8.86. The van der Waals surface area contributed by atoms with E-state index in [2.05, 4.69) is 11.6 Å². The molecule has 10 heavy (non-hydrogen) atoms. The average Bonchev–Trinajstić information content (AvgIpc) is 2.71. The molecule has 1 fully saturated rings. The van der Waals surface area contributed by atoms with Crippen molar-refractivity contribution in [1.82, 2.24) is 5.32 Å². The van der Waals surface area contributed by atoms with Crippen LogP contribution in [0.25, 0.3) is 0 Å². The second-order valence-electron chi connectivity index (χ2n) is 2.78. The van der Waals surface area contributed by atoms with Gasteiger partial charge in [0.2, 0.25) is 0 Å². The molecule has 2 nitrogen and oxygen atoms in total. The van der Waals surface area contributed by atoms with Gasteiger partial charge in [-0.3, -0.25) is 0 Å². The fourth-order valence-corrected chi connectivity index (χ4v) is 1.54. The minimum absolute atomic E-state index is 0.275. The number of aliphatic hydroxyl groups excluding tert-OH is 1. The van der Waals surface area contributed by atoms with Crippen LogP contribution in [0.5, 0.6) is 0 Å². The van der Waals surface area contributed by atoms with E-state index < -0.39 is 0 Å². The van der Waals surface area contributed by atoms with E-state index >= 15 is 0 Å². The lowest BCUT2D eigenvalue weighted by Gasteiger charge is -2.13. The van der Waals surface area contributed by atoms with Gasteiger partial charge in [-0.1, -0.05) is 0 Å². The summed E-state index contributed by atoms with van der Waals surface area (Å²) in [5.74, 6) is 1.02. The van der Waals surface area contributed by atoms with E-state index in [1.54, 1.807) is 11.8 Å². The molecule has 1 saturated carbocycles. The van der Waals surface area contributed by atoms with Crippen LogP contribution in [0.2, 0.25) is 0 Å². The summed E-state index contributed by atoms with van der Waals surface area (Å²) in [6.45, 7) is 0.275. The summed E-state index contributed by atoms with van der Waals surface area (Å²) < 4.78 is 0. The molecule has 0 spiro atoms. The zero-order valence-electron chi connectivity index (χ0n) is 6.34. The Labute approximate surface area is 66.4 Å². The molecule has 0 saturated heterocycles. The molecule has 0 bridgehead atoms. The highest BCUT2D eigenvalue weighted by Gasteiger charge is 2.23. The summed E-state index contributed by atoms with van der Waals surface area (Å²) in [7, 11) is 0. The second-order valence-corrected chi connectivity index (χ2v) is 3.69. The van der Waals surface area contributed by atoms with E-state index in [1.807, 2.05) is 0 Å². The fourth-order valence-electron chi connectivity index (χ4n) is 0.938. The molecule has 0 amide bonds. The Kier molecular flexibility index (Phi) is 3.52. The molecule has 1 unspecified atom stereocenters. The van der Waals surface area contributed by atoms with Crippen molar-refractivity contribution in [3.63, 3.8) is 0 Å². The van der Waals surface area contributed by atoms with Gasteiger partial charge in [-0.05, 0) is 19.1 Å². The van der Waals surface area contributed by atoms with E-state index in [0.29, 0.717) is 12.1 Å². The molecule has 0 heterocycles. The Balaban J connectivity index is 2.05. The van der Waals surface area contributed by atoms with Gasteiger partial charge in [0.1, 0.15) is 0 Å². The molecule has 3 heteroatoms. The Bertz CT molecular complexity index is 95.6. The smallest absolute Gasteiger partial charge is 0.0592 e. The fraction of sp³-hybridized carbons (Fsp3) is 1.00. The van der Waals surface area contributed by atoms with Crippen LogP contribution >= 0.6 is 11.8 Å². The van der Waals surface area contributed by atoms with E-state index in [-0.39, 0.29) is 6.61 Å². The lowest BCUT2D eigenvalue weighted by Crippen LogP contribution is -2.36. The van der Waals surface area contributed by atoms with E-state index in [9.17, 15) is 0 Å². The molecular weight excluding hydrogens is 146 g/mol. The first-order valence-corrected chi connectivity index (χ1v) is 5.12. The Hall–Kier alpha value is 0.270. The van der Waals surface area contributed by atoms with E-state index in [0.717, 1.165) is 5.75 Å². The maximum Gasteiger partial charge on any atom is 0.0592 e. The first-order chi connectivity index (χ1) is 4.86. The van der Waals surface area contributed by atoms with Gasteiger partial charge >= 0.3 is 0 Å². The van der Waals surface area contributed by atoms with Crippen LogP contribution in [0.15, 0.2) is 0 Å². The van der Waals surface area contributed by atoms with Gasteiger partial charge in [0.25, 0.3) is 0 Å². The quantitative estimate of drug-likeness (QED) is 0.614. The summed E-state index contributed by atoms with van der Waals surface area (Å²) >= 11 is 1.78. The number of rotatable bonds is 5. The maximum absolute atomic E-state index is 8.86. The van der Waals surface area contributed by atoms with Gasteiger partial charge in [0.05, 0.1) is 6.61 Å². The Morgan fingerprint density at radius 1 is 1.70 bits per heavy atom. The third kappa shape index (κ3) is 2.90. The summed E-state index contributed by atoms with van der Waals surface area (Å²) in [6.07, 6.45) is 4.66. The third-order valence-corrected chi connectivity index (χ3v) is 2.37. The largest absolute Gasteiger partial charge is 0.395 e. The van der Waals surface area contributed by atoms with Gasteiger partial charge in [0.15, 0.2) is 0 Å². The highest BCUT2D eigenvalue weighted by Crippen LogP contribution is 2.19. The highest BCUT2D eigenvalue weighted by molar-refractivity contribution is 7.98. The van der Waals surface area contributed by atoms with Crippen molar-refractivity contribution < 1.29 is 5.11 Å². The number of thioether (sulfide) groups is 1. The monoisotopic (exact) mass is 161 g/mol. The normalized spacial score (nSPS) is 21.0. The number of hydrogen-bond acceptors (Lipinski definition) is 3. The molecule has 1 rings (SSSR count). The predicted octanol–water partition coefficient (Wildman–Crippen LogP) is 0.462. The van der Waals surface area contributed by atoms with Gasteiger partial charge in [-0.25, -0.2) is 0 Å². The molecule has 0 aromatic rings. The summed E-state index contributed by atoms with van der Waals surface area (Å²) in [5.41, 5.74) is 0. The zero-order chi connectivity index (χ0) is 7.40. The predicted molar refractivity (Wildman–Crippen MR) is 45.4 cm³/mol. The van der Waals surface area contributed by atoms with Crippen molar-refractivity contribution in [3.05, 3.63) is 0 Å². The van der Waals surface area contributed by atoms with Gasteiger partial charge in [-0.15, -0.1) is 0 Å². The molecule has 1 aliphatic rings. The van der Waals surface area contributed by atoms with Gasteiger partial charge in [0, 0.05) is 17.8 Å². The second kappa shape index (κ2) is 4.21. The van der Waals surface area contributed by atoms with Crippen molar-refractivity contribution in [3.8, 4) is 0 Å². The lowest BCUT2D eigenvalue weighted by atomic mass is 10.3. The van der Waals surface area contributed by atoms with Crippen LogP contribution in [0.1, 0.15) is 12.8 Å². The number of aliphatic hydroxyl groups is 1. The van der Waals surface area contributed by atoms with Crippen molar-refractivity contribution in [1.29, 1.82) is 0 Å². The number of hydrogen-bond donors (Lipinski definition) is 2. The minimum Gasteiger partial charge on any atom is -0.395 e. The van der Waals surface area contributed by atoms with Crippen molar-refractivity contribution in [2.24, 2.45) is 0 Å². The molecule has 1 atom stereocenters. The summed E-state index contributed by atoms with van der Waals surface area (Å²) in [5, 5.41) is 12.2. The van der Waals surface area contributed by atoms with Crippen LogP contribution in [0, 0.1) is 0 Å². The Morgan fingerprint density at radius 3 is 2.80 bits per heavy atom. The van der Waals surface area contributed by atoms with Crippen molar-refractivity contribution >= 4 is 11.8 Å². The zero-order valence-corrected chi connectivity index (χ0v) is 7.16. The van der Waals surface area contributed by atoms with Crippen molar-refractivity contribution in [2.75, 3.05) is 18.6 Å². The van der Waals surface area contributed by atoms with Crippen molar-refractivity contribution in [2.45, 2.75) is 24.9 Å². The van der Waals surface area contributed by atoms with E-state index in [1.165, 1.54) is 12.8 Å². The minimum atomic E-state index is 0.275. The molecule has 0 radical (unpaired) electrons. The standard InChI is InChI=1S/C7H15NOS/c1-10-5-7(4-9)8-6-2-3-6/h6-9H,2-5H2,1H3. The molecule has 0 aliphatic heterocycles. The highest BCUT2D eigenvalue weighted by atomic mass is 32.2.